The van der Waals surface area contributed by atoms with Crippen LogP contribution in [0, 0.1) is 0 Å². The average Bonchev–Trinajstić information content (AvgIpc) is 2.99. The van der Waals surface area contributed by atoms with E-state index in [0.29, 0.717) is 23.6 Å². The lowest BCUT2D eigenvalue weighted by molar-refractivity contribution is 0.0290. The molecule has 136 valence electrons. The van der Waals surface area contributed by atoms with Gasteiger partial charge in [0.15, 0.2) is 17.1 Å². The van der Waals surface area contributed by atoms with Gasteiger partial charge in [-0.3, -0.25) is 0 Å². The van der Waals surface area contributed by atoms with Crippen LogP contribution >= 0.6 is 24.0 Å². The Morgan fingerprint density at radius 1 is 1.40 bits per heavy atom. The zero-order valence-electron chi connectivity index (χ0n) is 13.3. The Balaban J connectivity index is 0.00000225. The highest BCUT2D eigenvalue weighted by molar-refractivity contribution is 6.30. The van der Waals surface area contributed by atoms with Crippen LogP contribution < -0.4 is 10.6 Å². The van der Waals surface area contributed by atoms with Crippen molar-refractivity contribution in [3.8, 4) is 11.3 Å². The number of hydrogen-bond donors (Lipinski definition) is 4. The van der Waals surface area contributed by atoms with Crippen molar-refractivity contribution in [3.05, 3.63) is 34.9 Å². The number of benzene rings is 1. The Bertz CT molecular complexity index is 727. The molecule has 25 heavy (non-hydrogen) atoms. The van der Waals surface area contributed by atoms with Gasteiger partial charge in [0.25, 0.3) is 0 Å². The van der Waals surface area contributed by atoms with Crippen molar-refractivity contribution in [2.75, 3.05) is 25.0 Å². The first kappa shape index (κ1) is 19.5. The highest BCUT2D eigenvalue weighted by atomic mass is 35.5. The highest BCUT2D eigenvalue weighted by Gasteiger charge is 2.31. The maximum atomic E-state index is 11.6. The maximum Gasteiger partial charge on any atom is 0.343 e. The summed E-state index contributed by atoms with van der Waals surface area (Å²) in [5.74, 6) is -0.903. The van der Waals surface area contributed by atoms with Gasteiger partial charge in [0.05, 0.1) is 5.60 Å². The molecule has 1 aliphatic rings. The number of aromatic carboxylic acids is 1. The third-order valence-electron chi connectivity index (χ3n) is 4.05. The van der Waals surface area contributed by atoms with Gasteiger partial charge in [-0.05, 0) is 43.7 Å². The smallest absolute Gasteiger partial charge is 0.343 e. The number of rotatable bonds is 5. The molecule has 0 saturated carbocycles. The lowest BCUT2D eigenvalue weighted by Gasteiger charge is -2.32. The minimum atomic E-state index is -1.16. The summed E-state index contributed by atoms with van der Waals surface area (Å²) in [6.45, 7) is 1.50. The lowest BCUT2D eigenvalue weighted by Crippen LogP contribution is -2.50. The summed E-state index contributed by atoms with van der Waals surface area (Å²) >= 11 is 5.85. The zero-order valence-corrected chi connectivity index (χ0v) is 14.9. The molecule has 2 heterocycles. The van der Waals surface area contributed by atoms with E-state index in [1.165, 1.54) is 0 Å². The Morgan fingerprint density at radius 3 is 2.72 bits per heavy atom. The molecule has 4 N–H and O–H groups in total. The number of halogens is 2. The van der Waals surface area contributed by atoms with Gasteiger partial charge in [-0.2, -0.15) is 0 Å². The molecule has 0 bridgehead atoms. The van der Waals surface area contributed by atoms with Crippen LogP contribution in [0.4, 0.5) is 5.82 Å². The van der Waals surface area contributed by atoms with Crippen LogP contribution in [-0.2, 0) is 0 Å². The molecule has 7 nitrogen and oxygen atoms in total. The Kier molecular flexibility index (Phi) is 6.29. The number of nitrogens with zero attached hydrogens (tertiary/aromatic N) is 1. The normalized spacial score (nSPS) is 19.9. The number of carboxylic acid groups (broad SMARTS) is 1. The molecule has 1 aromatic carbocycles. The van der Waals surface area contributed by atoms with Gasteiger partial charge in [-0.1, -0.05) is 16.8 Å². The number of aliphatic hydroxyl groups is 1. The molecular weight excluding hydrogens is 369 g/mol. The monoisotopic (exact) mass is 387 g/mol. The van der Waals surface area contributed by atoms with E-state index in [9.17, 15) is 15.0 Å². The van der Waals surface area contributed by atoms with Crippen molar-refractivity contribution in [3.63, 3.8) is 0 Å². The first-order valence-corrected chi connectivity index (χ1v) is 8.02. The molecule has 1 aromatic heterocycles. The van der Waals surface area contributed by atoms with Gasteiger partial charge >= 0.3 is 5.97 Å². The van der Waals surface area contributed by atoms with E-state index in [2.05, 4.69) is 15.8 Å². The van der Waals surface area contributed by atoms with Gasteiger partial charge in [0.1, 0.15) is 0 Å². The van der Waals surface area contributed by atoms with E-state index in [0.717, 1.165) is 13.0 Å². The number of β-amino-alcohol motifs (C(OH)–C–C–N with tert-alkyl or cyclic N) is 1. The van der Waals surface area contributed by atoms with Crippen LogP contribution in [-0.4, -0.2) is 46.6 Å². The summed E-state index contributed by atoms with van der Waals surface area (Å²) in [5, 5.41) is 30.4. The second-order valence-corrected chi connectivity index (χ2v) is 6.34. The van der Waals surface area contributed by atoms with Crippen LogP contribution in [0.25, 0.3) is 11.3 Å². The Hall–Kier alpha value is -1.80. The highest BCUT2D eigenvalue weighted by Crippen LogP contribution is 2.30. The molecule has 0 amide bonds. The first-order valence-electron chi connectivity index (χ1n) is 7.64. The number of carboxylic acids is 1. The topological polar surface area (TPSA) is 108 Å². The number of carbonyl (C=O) groups is 1. The van der Waals surface area contributed by atoms with E-state index in [1.807, 2.05) is 0 Å². The molecule has 2 aromatic rings. The second-order valence-electron chi connectivity index (χ2n) is 5.91. The van der Waals surface area contributed by atoms with Crippen LogP contribution in [0.2, 0.25) is 5.02 Å². The summed E-state index contributed by atoms with van der Waals surface area (Å²) in [7, 11) is 0. The number of hydrogen-bond acceptors (Lipinski definition) is 6. The van der Waals surface area contributed by atoms with Crippen molar-refractivity contribution >= 4 is 35.8 Å². The minimum Gasteiger partial charge on any atom is -0.477 e. The van der Waals surface area contributed by atoms with Gasteiger partial charge in [0, 0.05) is 23.7 Å². The van der Waals surface area contributed by atoms with Gasteiger partial charge in [0.2, 0.25) is 0 Å². The van der Waals surface area contributed by atoms with E-state index >= 15 is 0 Å². The summed E-state index contributed by atoms with van der Waals surface area (Å²) < 4.78 is 5.22. The van der Waals surface area contributed by atoms with Crippen molar-refractivity contribution in [2.24, 2.45) is 0 Å². The molecule has 9 heteroatoms. The Morgan fingerprint density at radius 2 is 2.12 bits per heavy atom. The van der Waals surface area contributed by atoms with Crippen molar-refractivity contribution < 1.29 is 19.5 Å². The molecule has 1 fully saturated rings. The third kappa shape index (κ3) is 4.43. The zero-order chi connectivity index (χ0) is 17.2. The predicted molar refractivity (Wildman–Crippen MR) is 96.7 cm³/mol. The fourth-order valence-electron chi connectivity index (χ4n) is 2.76. The maximum absolute atomic E-state index is 11.6. The molecule has 1 unspecified atom stereocenters. The number of anilines is 1. The SMILES string of the molecule is Cl.O=C(O)c1c(NCC2(O)CCCNC2)noc1-c1ccc(Cl)cc1. The minimum absolute atomic E-state index is 0. The summed E-state index contributed by atoms with van der Waals surface area (Å²) in [4.78, 5) is 11.6. The van der Waals surface area contributed by atoms with E-state index in [4.69, 9.17) is 16.1 Å². The average molecular weight is 388 g/mol. The Labute approximate surface area is 155 Å². The number of aromatic nitrogens is 1. The molecule has 1 atom stereocenters. The van der Waals surface area contributed by atoms with Crippen LogP contribution in [0.5, 0.6) is 0 Å². The predicted octanol–water partition coefficient (Wildman–Crippen LogP) is 2.64. The van der Waals surface area contributed by atoms with Crippen molar-refractivity contribution in [2.45, 2.75) is 18.4 Å². The van der Waals surface area contributed by atoms with E-state index < -0.39 is 11.6 Å². The molecule has 0 spiro atoms. The van der Waals surface area contributed by atoms with Crippen molar-refractivity contribution in [1.82, 2.24) is 10.5 Å². The largest absolute Gasteiger partial charge is 0.477 e. The molecule has 1 aliphatic heterocycles. The van der Waals surface area contributed by atoms with Crippen molar-refractivity contribution in [1.29, 1.82) is 0 Å². The lowest BCUT2D eigenvalue weighted by atomic mass is 9.94. The third-order valence-corrected chi connectivity index (χ3v) is 4.30. The number of nitrogens with one attached hydrogen (secondary N) is 2. The summed E-state index contributed by atoms with van der Waals surface area (Å²) in [6.07, 6.45) is 1.50. The van der Waals surface area contributed by atoms with Gasteiger partial charge in [-0.15, -0.1) is 12.4 Å². The summed E-state index contributed by atoms with van der Waals surface area (Å²) in [5.41, 5.74) is -0.437. The fraction of sp³-hybridized carbons (Fsp3) is 0.375. The quantitative estimate of drug-likeness (QED) is 0.624. The molecule has 0 radical (unpaired) electrons. The molecule has 0 aliphatic carbocycles. The molecular formula is C16H19Cl2N3O4. The van der Waals surface area contributed by atoms with Crippen LogP contribution in [0.15, 0.2) is 28.8 Å². The first-order chi connectivity index (χ1) is 11.5. The van der Waals surface area contributed by atoms with E-state index in [-0.39, 0.29) is 36.1 Å². The molecule has 3 rings (SSSR count). The standard InChI is InChI=1S/C16H18ClN3O4.ClH/c17-11-4-2-10(3-5-11)13-12(15(21)22)14(20-24-13)19-9-16(23)6-1-7-18-8-16;/h2-5,18,23H,1,6-9H2,(H,19,20)(H,21,22);1H. The van der Waals surface area contributed by atoms with Gasteiger partial charge in [-0.25, -0.2) is 4.79 Å². The number of piperidine rings is 1. The summed E-state index contributed by atoms with van der Waals surface area (Å²) in [6, 6.07) is 6.62. The van der Waals surface area contributed by atoms with Gasteiger partial charge < -0.3 is 25.4 Å². The molecule has 1 saturated heterocycles. The fourth-order valence-corrected chi connectivity index (χ4v) is 2.88. The van der Waals surface area contributed by atoms with Crippen LogP contribution in [0.3, 0.4) is 0 Å². The van der Waals surface area contributed by atoms with E-state index in [1.54, 1.807) is 24.3 Å². The second kappa shape index (κ2) is 8.05. The van der Waals surface area contributed by atoms with Crippen LogP contribution in [0.1, 0.15) is 23.2 Å².